The van der Waals surface area contributed by atoms with Gasteiger partial charge in [-0.3, -0.25) is 9.48 Å². The highest BCUT2D eigenvalue weighted by Crippen LogP contribution is 2.45. The normalized spacial score (nSPS) is 15.3. The summed E-state index contributed by atoms with van der Waals surface area (Å²) in [5, 5.41) is 12.0. The summed E-state index contributed by atoms with van der Waals surface area (Å²) in [5.41, 5.74) is 2.61. The Morgan fingerprint density at radius 1 is 1.40 bits per heavy atom. The van der Waals surface area contributed by atoms with Crippen molar-refractivity contribution in [1.82, 2.24) is 25.3 Å². The van der Waals surface area contributed by atoms with E-state index in [1.165, 1.54) is 0 Å². The second-order valence-corrected chi connectivity index (χ2v) is 6.96. The van der Waals surface area contributed by atoms with Crippen LogP contribution in [-0.2, 0) is 25.0 Å². The maximum atomic E-state index is 12.0. The lowest BCUT2D eigenvalue weighted by molar-refractivity contribution is -0.125. The molecule has 1 aliphatic rings. The fourth-order valence-corrected chi connectivity index (χ4v) is 2.77. The minimum Gasteiger partial charge on any atom is -0.487 e. The van der Waals surface area contributed by atoms with Gasteiger partial charge in [0, 0.05) is 29.7 Å². The molecule has 4 rings (SSSR count). The van der Waals surface area contributed by atoms with Gasteiger partial charge in [0.2, 0.25) is 5.91 Å². The van der Waals surface area contributed by atoms with Crippen LogP contribution in [0.1, 0.15) is 31.2 Å². The molecule has 1 saturated carbocycles. The molecule has 1 aliphatic carbocycles. The molecule has 2 heterocycles. The molecule has 1 amide bonds. The van der Waals surface area contributed by atoms with Gasteiger partial charge in [-0.15, -0.1) is 5.10 Å². The zero-order valence-corrected chi connectivity index (χ0v) is 14.4. The number of aromatic amines is 1. The standard InChI is InChI=1S/C18H21N5O2/c1-18(5-6-18)17(24)19-9-13-7-12-3-4-15(8-16(12)20-13)25-11-14-10-23(2)22-21-14/h3-4,7-8,10,20H,5-6,9,11H2,1-2H3,(H,19,24). The Kier molecular flexibility index (Phi) is 3.71. The molecule has 0 saturated heterocycles. The summed E-state index contributed by atoms with van der Waals surface area (Å²) >= 11 is 0. The molecule has 130 valence electrons. The van der Waals surface area contributed by atoms with Gasteiger partial charge in [0.25, 0.3) is 0 Å². The van der Waals surface area contributed by atoms with Crippen molar-refractivity contribution >= 4 is 16.8 Å². The molecule has 3 aromatic rings. The number of aryl methyl sites for hydroxylation is 1. The first-order valence-electron chi connectivity index (χ1n) is 8.40. The highest BCUT2D eigenvalue weighted by Gasteiger charge is 2.44. The van der Waals surface area contributed by atoms with Crippen LogP contribution in [0.25, 0.3) is 10.9 Å². The van der Waals surface area contributed by atoms with Crippen LogP contribution in [0.15, 0.2) is 30.5 Å². The number of hydrogen-bond donors (Lipinski definition) is 2. The number of nitrogens with one attached hydrogen (secondary N) is 2. The van der Waals surface area contributed by atoms with E-state index in [1.807, 2.05) is 38.4 Å². The highest BCUT2D eigenvalue weighted by atomic mass is 16.5. The minimum absolute atomic E-state index is 0.138. The van der Waals surface area contributed by atoms with E-state index < -0.39 is 0 Å². The number of hydrogen-bond acceptors (Lipinski definition) is 4. The lowest BCUT2D eigenvalue weighted by Gasteiger charge is -2.08. The van der Waals surface area contributed by atoms with E-state index in [0.717, 1.165) is 40.9 Å². The summed E-state index contributed by atoms with van der Waals surface area (Å²) in [6.45, 7) is 2.90. The zero-order valence-electron chi connectivity index (χ0n) is 14.4. The Balaban J connectivity index is 1.41. The van der Waals surface area contributed by atoms with Crippen molar-refractivity contribution in [1.29, 1.82) is 0 Å². The van der Waals surface area contributed by atoms with Crippen LogP contribution in [-0.4, -0.2) is 25.9 Å². The molecule has 1 fully saturated rings. The van der Waals surface area contributed by atoms with E-state index in [4.69, 9.17) is 4.74 Å². The number of carbonyl (C=O) groups excluding carboxylic acids is 1. The van der Waals surface area contributed by atoms with Gasteiger partial charge in [0.1, 0.15) is 18.1 Å². The average molecular weight is 339 g/mol. The Morgan fingerprint density at radius 3 is 2.96 bits per heavy atom. The summed E-state index contributed by atoms with van der Waals surface area (Å²) in [5.74, 6) is 0.903. The molecule has 0 radical (unpaired) electrons. The second-order valence-electron chi connectivity index (χ2n) is 6.96. The van der Waals surface area contributed by atoms with E-state index in [1.54, 1.807) is 4.68 Å². The van der Waals surface area contributed by atoms with Crippen LogP contribution in [0.4, 0.5) is 0 Å². The molecule has 0 spiro atoms. The molecule has 1 aromatic carbocycles. The summed E-state index contributed by atoms with van der Waals surface area (Å²) in [4.78, 5) is 15.4. The topological polar surface area (TPSA) is 84.8 Å². The van der Waals surface area contributed by atoms with Gasteiger partial charge >= 0.3 is 0 Å². The van der Waals surface area contributed by atoms with Crippen molar-refractivity contribution in [3.63, 3.8) is 0 Å². The molecule has 25 heavy (non-hydrogen) atoms. The highest BCUT2D eigenvalue weighted by molar-refractivity contribution is 5.85. The van der Waals surface area contributed by atoms with Crippen molar-refractivity contribution < 1.29 is 9.53 Å². The van der Waals surface area contributed by atoms with E-state index >= 15 is 0 Å². The Labute approximate surface area is 145 Å². The SMILES string of the molecule is Cn1cc(COc2ccc3cc(CNC(=O)C4(C)CC4)[nH]c3c2)nn1. The molecule has 0 unspecified atom stereocenters. The number of aromatic nitrogens is 4. The molecule has 2 aromatic heterocycles. The third kappa shape index (κ3) is 3.35. The van der Waals surface area contributed by atoms with Crippen LogP contribution in [0.5, 0.6) is 5.75 Å². The van der Waals surface area contributed by atoms with Gasteiger partial charge < -0.3 is 15.0 Å². The smallest absolute Gasteiger partial charge is 0.226 e. The maximum Gasteiger partial charge on any atom is 0.226 e. The molecule has 0 aliphatic heterocycles. The summed E-state index contributed by atoms with van der Waals surface area (Å²) in [6, 6.07) is 7.95. The van der Waals surface area contributed by atoms with Crippen LogP contribution in [0, 0.1) is 5.41 Å². The summed E-state index contributed by atoms with van der Waals surface area (Å²) in [7, 11) is 1.82. The van der Waals surface area contributed by atoms with Gasteiger partial charge in [-0.25, -0.2) is 0 Å². The average Bonchev–Trinajstić information content (AvgIpc) is 3.04. The number of benzene rings is 1. The third-order valence-corrected chi connectivity index (χ3v) is 4.67. The molecular formula is C18H21N5O2. The van der Waals surface area contributed by atoms with Crippen LogP contribution < -0.4 is 10.1 Å². The first-order valence-corrected chi connectivity index (χ1v) is 8.40. The fraction of sp³-hybridized carbons (Fsp3) is 0.389. The number of nitrogens with zero attached hydrogens (tertiary/aromatic N) is 3. The first-order chi connectivity index (χ1) is 12.0. The molecule has 0 bridgehead atoms. The van der Waals surface area contributed by atoms with Crippen LogP contribution >= 0.6 is 0 Å². The van der Waals surface area contributed by atoms with Gasteiger partial charge in [-0.05, 0) is 36.4 Å². The largest absolute Gasteiger partial charge is 0.487 e. The molecule has 7 nitrogen and oxygen atoms in total. The maximum absolute atomic E-state index is 12.0. The van der Waals surface area contributed by atoms with Crippen molar-refractivity contribution in [3.8, 4) is 5.75 Å². The number of ether oxygens (including phenoxy) is 1. The zero-order chi connectivity index (χ0) is 17.4. The minimum atomic E-state index is -0.145. The van der Waals surface area contributed by atoms with Crippen molar-refractivity contribution in [3.05, 3.63) is 41.9 Å². The van der Waals surface area contributed by atoms with Crippen molar-refractivity contribution in [2.45, 2.75) is 32.9 Å². The van der Waals surface area contributed by atoms with Crippen molar-refractivity contribution in [2.75, 3.05) is 0 Å². The van der Waals surface area contributed by atoms with Gasteiger partial charge in [-0.2, -0.15) is 0 Å². The lowest BCUT2D eigenvalue weighted by Crippen LogP contribution is -2.29. The van der Waals surface area contributed by atoms with Crippen molar-refractivity contribution in [2.24, 2.45) is 12.5 Å². The lowest BCUT2D eigenvalue weighted by atomic mass is 10.1. The van der Waals surface area contributed by atoms with Crippen LogP contribution in [0.2, 0.25) is 0 Å². The third-order valence-electron chi connectivity index (χ3n) is 4.67. The predicted molar refractivity (Wildman–Crippen MR) is 92.8 cm³/mol. The number of amides is 1. The Morgan fingerprint density at radius 2 is 2.24 bits per heavy atom. The summed E-state index contributed by atoms with van der Waals surface area (Å²) in [6.07, 6.45) is 3.80. The Hall–Kier alpha value is -2.83. The van der Waals surface area contributed by atoms with Gasteiger partial charge in [0.05, 0.1) is 12.7 Å². The quantitative estimate of drug-likeness (QED) is 0.721. The summed E-state index contributed by atoms with van der Waals surface area (Å²) < 4.78 is 7.42. The first kappa shape index (κ1) is 15.7. The number of carbonyl (C=O) groups is 1. The second kappa shape index (κ2) is 5.91. The van der Waals surface area contributed by atoms with E-state index in [9.17, 15) is 4.79 Å². The molecule has 7 heteroatoms. The fourth-order valence-electron chi connectivity index (χ4n) is 2.77. The van der Waals surface area contributed by atoms with Gasteiger partial charge in [0.15, 0.2) is 0 Å². The number of fused-ring (bicyclic) bond motifs is 1. The van der Waals surface area contributed by atoms with E-state index in [-0.39, 0.29) is 11.3 Å². The van der Waals surface area contributed by atoms with Crippen LogP contribution in [0.3, 0.4) is 0 Å². The van der Waals surface area contributed by atoms with E-state index in [2.05, 4.69) is 26.7 Å². The molecule has 0 atom stereocenters. The monoisotopic (exact) mass is 339 g/mol. The predicted octanol–water partition coefficient (Wildman–Crippen LogP) is 2.29. The molecular weight excluding hydrogens is 318 g/mol. The molecule has 2 N–H and O–H groups in total. The Bertz CT molecular complexity index is 923. The number of rotatable bonds is 6. The van der Waals surface area contributed by atoms with E-state index in [0.29, 0.717) is 13.2 Å². The number of H-pyrrole nitrogens is 1. The van der Waals surface area contributed by atoms with Gasteiger partial charge in [-0.1, -0.05) is 12.1 Å².